The summed E-state index contributed by atoms with van der Waals surface area (Å²) in [6.45, 7) is 3.43. The third-order valence-corrected chi connectivity index (χ3v) is 2.35. The number of halogens is 1. The fourth-order valence-corrected chi connectivity index (χ4v) is 1.40. The smallest absolute Gasteiger partial charge is 0.228 e. The zero-order chi connectivity index (χ0) is 12.0. The number of nitrogens with one attached hydrogen (secondary N) is 1. The number of carbonyl (C=O) groups excluding carboxylic acids is 1. The van der Waals surface area contributed by atoms with Crippen LogP contribution in [0.2, 0.25) is 0 Å². The van der Waals surface area contributed by atoms with Crippen LogP contribution in [-0.4, -0.2) is 26.0 Å². The van der Waals surface area contributed by atoms with E-state index in [9.17, 15) is 9.18 Å². The second-order valence-corrected chi connectivity index (χ2v) is 3.51. The summed E-state index contributed by atoms with van der Waals surface area (Å²) in [7, 11) is 1.59. The molecule has 1 rings (SSSR count). The van der Waals surface area contributed by atoms with Crippen LogP contribution < -0.4 is 10.2 Å². The number of hydrogen-bond donors (Lipinski definition) is 1. The average molecular weight is 224 g/mol. The topological polar surface area (TPSA) is 32.3 Å². The Morgan fingerprint density at radius 2 is 2.12 bits per heavy atom. The van der Waals surface area contributed by atoms with Crippen molar-refractivity contribution in [2.45, 2.75) is 13.3 Å². The first-order valence-electron chi connectivity index (χ1n) is 5.38. The highest BCUT2D eigenvalue weighted by molar-refractivity contribution is 5.92. The predicted octanol–water partition coefficient (Wildman–Crippen LogP) is 1.79. The minimum absolute atomic E-state index is 0.0916. The summed E-state index contributed by atoms with van der Waals surface area (Å²) in [5.41, 5.74) is 0.323. The predicted molar refractivity (Wildman–Crippen MR) is 63.0 cm³/mol. The van der Waals surface area contributed by atoms with Gasteiger partial charge in [0.2, 0.25) is 5.91 Å². The van der Waals surface area contributed by atoms with Crippen LogP contribution in [0.1, 0.15) is 13.3 Å². The number of hydrogen-bond acceptors (Lipinski definition) is 2. The summed E-state index contributed by atoms with van der Waals surface area (Å²) < 4.78 is 13.4. The number of rotatable bonds is 5. The van der Waals surface area contributed by atoms with Crippen LogP contribution in [0.15, 0.2) is 24.3 Å². The van der Waals surface area contributed by atoms with Gasteiger partial charge in [-0.2, -0.15) is 0 Å². The van der Waals surface area contributed by atoms with E-state index in [0.29, 0.717) is 18.7 Å². The van der Waals surface area contributed by atoms with Crippen molar-refractivity contribution >= 4 is 11.6 Å². The Kier molecular flexibility index (Phi) is 4.92. The maximum absolute atomic E-state index is 13.4. The molecule has 0 fully saturated rings. The summed E-state index contributed by atoms with van der Waals surface area (Å²) in [5.74, 6) is -0.465. The molecule has 1 amide bonds. The summed E-state index contributed by atoms with van der Waals surface area (Å²) in [4.78, 5) is 13.0. The van der Waals surface area contributed by atoms with Crippen molar-refractivity contribution in [2.24, 2.45) is 0 Å². The number of anilines is 1. The van der Waals surface area contributed by atoms with Gasteiger partial charge in [-0.1, -0.05) is 19.1 Å². The molecular formula is C12H17FN2O. The molecule has 3 nitrogen and oxygen atoms in total. The van der Waals surface area contributed by atoms with Crippen LogP contribution in [0.4, 0.5) is 10.1 Å². The van der Waals surface area contributed by atoms with Crippen LogP contribution in [0.25, 0.3) is 0 Å². The highest BCUT2D eigenvalue weighted by Gasteiger charge is 2.13. The lowest BCUT2D eigenvalue weighted by atomic mass is 10.2. The van der Waals surface area contributed by atoms with Crippen LogP contribution in [0.5, 0.6) is 0 Å². The minimum atomic E-state index is -0.373. The third kappa shape index (κ3) is 3.31. The fourth-order valence-electron chi connectivity index (χ4n) is 1.40. The first-order chi connectivity index (χ1) is 7.66. The van der Waals surface area contributed by atoms with Crippen molar-refractivity contribution in [3.8, 4) is 0 Å². The molecule has 0 spiro atoms. The lowest BCUT2D eigenvalue weighted by Crippen LogP contribution is -2.30. The molecular weight excluding hydrogens is 207 g/mol. The van der Waals surface area contributed by atoms with Crippen molar-refractivity contribution in [1.82, 2.24) is 5.32 Å². The molecule has 0 atom stereocenters. The molecule has 0 saturated heterocycles. The highest BCUT2D eigenvalue weighted by atomic mass is 19.1. The summed E-state index contributed by atoms with van der Waals surface area (Å²) in [6.07, 6.45) is 0.374. The van der Waals surface area contributed by atoms with Gasteiger partial charge in [-0.3, -0.25) is 4.79 Å². The molecule has 0 bridgehead atoms. The molecule has 1 aromatic rings. The molecule has 1 aromatic carbocycles. The largest absolute Gasteiger partial charge is 0.316 e. The molecule has 88 valence electrons. The van der Waals surface area contributed by atoms with Crippen molar-refractivity contribution in [3.05, 3.63) is 30.1 Å². The van der Waals surface area contributed by atoms with Crippen molar-refractivity contribution in [3.63, 3.8) is 0 Å². The zero-order valence-corrected chi connectivity index (χ0v) is 9.66. The van der Waals surface area contributed by atoms with Gasteiger partial charge in [0.15, 0.2) is 0 Å². The van der Waals surface area contributed by atoms with Gasteiger partial charge < -0.3 is 10.2 Å². The van der Waals surface area contributed by atoms with Gasteiger partial charge in [-0.15, -0.1) is 0 Å². The molecule has 4 heteroatoms. The van der Waals surface area contributed by atoms with E-state index in [0.717, 1.165) is 6.54 Å². The molecule has 1 N–H and O–H groups in total. The quantitative estimate of drug-likeness (QED) is 0.773. The second kappa shape index (κ2) is 6.23. The van der Waals surface area contributed by atoms with Crippen LogP contribution >= 0.6 is 0 Å². The highest BCUT2D eigenvalue weighted by Crippen LogP contribution is 2.17. The van der Waals surface area contributed by atoms with E-state index in [1.807, 2.05) is 6.92 Å². The van der Waals surface area contributed by atoms with E-state index in [1.165, 1.54) is 11.0 Å². The number of nitrogens with zero attached hydrogens (tertiary/aromatic N) is 1. The van der Waals surface area contributed by atoms with Gasteiger partial charge in [-0.05, 0) is 18.7 Å². The molecule has 0 aromatic heterocycles. The Hall–Kier alpha value is -1.42. The summed E-state index contributed by atoms with van der Waals surface area (Å²) in [6, 6.07) is 6.27. The van der Waals surface area contributed by atoms with Crippen molar-refractivity contribution in [1.29, 1.82) is 0 Å². The van der Waals surface area contributed by atoms with Crippen LogP contribution in [-0.2, 0) is 4.79 Å². The molecule has 0 saturated carbocycles. The number of benzene rings is 1. The average Bonchev–Trinajstić information content (AvgIpc) is 2.29. The standard InChI is InChI=1S/C12H17FN2O/c1-3-14-9-8-12(16)15(2)11-7-5-4-6-10(11)13/h4-7,14H,3,8-9H2,1-2H3. The van der Waals surface area contributed by atoms with Gasteiger partial charge in [0.05, 0.1) is 5.69 Å². The van der Waals surface area contributed by atoms with Gasteiger partial charge in [-0.25, -0.2) is 4.39 Å². The second-order valence-electron chi connectivity index (χ2n) is 3.51. The Morgan fingerprint density at radius 1 is 1.44 bits per heavy atom. The zero-order valence-electron chi connectivity index (χ0n) is 9.66. The van der Waals surface area contributed by atoms with Gasteiger partial charge >= 0.3 is 0 Å². The maximum Gasteiger partial charge on any atom is 0.228 e. The molecule has 0 aliphatic rings. The fraction of sp³-hybridized carbons (Fsp3) is 0.417. The Labute approximate surface area is 95.3 Å². The van der Waals surface area contributed by atoms with E-state index in [2.05, 4.69) is 5.32 Å². The van der Waals surface area contributed by atoms with E-state index < -0.39 is 0 Å². The third-order valence-electron chi connectivity index (χ3n) is 2.35. The Bertz CT molecular complexity index is 355. The van der Waals surface area contributed by atoms with E-state index in [1.54, 1.807) is 25.2 Å². The molecule has 0 aliphatic heterocycles. The van der Waals surface area contributed by atoms with Gasteiger partial charge in [0.1, 0.15) is 5.82 Å². The molecule has 0 unspecified atom stereocenters. The maximum atomic E-state index is 13.4. The van der Waals surface area contributed by atoms with Gasteiger partial charge in [0.25, 0.3) is 0 Å². The molecule has 16 heavy (non-hydrogen) atoms. The molecule has 0 radical (unpaired) electrons. The normalized spacial score (nSPS) is 10.2. The number of para-hydroxylation sites is 1. The lowest BCUT2D eigenvalue weighted by Gasteiger charge is -2.17. The van der Waals surface area contributed by atoms with E-state index >= 15 is 0 Å². The van der Waals surface area contributed by atoms with Crippen molar-refractivity contribution in [2.75, 3.05) is 25.0 Å². The van der Waals surface area contributed by atoms with Crippen molar-refractivity contribution < 1.29 is 9.18 Å². The van der Waals surface area contributed by atoms with E-state index in [-0.39, 0.29) is 11.7 Å². The summed E-state index contributed by atoms with van der Waals surface area (Å²) >= 11 is 0. The molecule has 0 heterocycles. The minimum Gasteiger partial charge on any atom is -0.316 e. The van der Waals surface area contributed by atoms with Crippen LogP contribution in [0, 0.1) is 5.82 Å². The van der Waals surface area contributed by atoms with Crippen LogP contribution in [0.3, 0.4) is 0 Å². The monoisotopic (exact) mass is 224 g/mol. The number of carbonyl (C=O) groups is 1. The Balaban J connectivity index is 2.60. The Morgan fingerprint density at radius 3 is 2.75 bits per heavy atom. The first kappa shape index (κ1) is 12.6. The van der Waals surface area contributed by atoms with E-state index in [4.69, 9.17) is 0 Å². The SMILES string of the molecule is CCNCCC(=O)N(C)c1ccccc1F. The first-order valence-corrected chi connectivity index (χ1v) is 5.38. The summed E-state index contributed by atoms with van der Waals surface area (Å²) in [5, 5.41) is 3.06. The number of amides is 1. The lowest BCUT2D eigenvalue weighted by molar-refractivity contribution is -0.118. The van der Waals surface area contributed by atoms with Gasteiger partial charge in [0, 0.05) is 20.0 Å². The molecule has 0 aliphatic carbocycles.